The van der Waals surface area contributed by atoms with E-state index in [1.54, 1.807) is 12.1 Å². The van der Waals surface area contributed by atoms with Crippen LogP contribution in [0.25, 0.3) is 20.2 Å². The molecule has 2 heterocycles. The Morgan fingerprint density at radius 3 is 1.63 bits per heavy atom. The minimum absolute atomic E-state index is 0.297. The Morgan fingerprint density at radius 2 is 1.09 bits per heavy atom. The third-order valence-electron chi connectivity index (χ3n) is 5.18. The molecule has 3 N–H and O–H groups in total. The molecule has 5 aromatic rings. The lowest BCUT2D eigenvalue weighted by molar-refractivity contribution is 0.0849. The van der Waals surface area contributed by atoms with Crippen molar-refractivity contribution in [1.82, 2.24) is 10.9 Å². The summed E-state index contributed by atoms with van der Waals surface area (Å²) < 4.78 is 1.80. The molecule has 0 aliphatic heterocycles. The van der Waals surface area contributed by atoms with Gasteiger partial charge in [-0.15, -0.1) is 22.7 Å². The lowest BCUT2D eigenvalue weighted by Gasteiger charge is -2.08. The van der Waals surface area contributed by atoms with E-state index < -0.39 is 11.8 Å². The quantitative estimate of drug-likeness (QED) is 0.221. The van der Waals surface area contributed by atoms with Gasteiger partial charge in [0.15, 0.2) is 0 Å². The third-order valence-corrected chi connectivity index (χ3v) is 8.53. The number of halogens is 2. The SMILES string of the molecule is O=C(NNC(=O)c1sc2ccccc2c1Cl)c1ccc(NC(=O)c2sc3ccccc3c2Cl)cc1. The fourth-order valence-electron chi connectivity index (χ4n) is 3.46. The van der Waals surface area contributed by atoms with Crippen LogP contribution in [0.15, 0.2) is 72.8 Å². The first-order valence-corrected chi connectivity index (χ1v) is 12.7. The number of benzene rings is 3. The van der Waals surface area contributed by atoms with Crippen LogP contribution >= 0.6 is 45.9 Å². The normalized spacial score (nSPS) is 10.9. The van der Waals surface area contributed by atoms with Crippen molar-refractivity contribution < 1.29 is 14.4 Å². The maximum Gasteiger partial charge on any atom is 0.281 e. The highest BCUT2D eigenvalue weighted by atomic mass is 35.5. The number of hydrazine groups is 1. The van der Waals surface area contributed by atoms with Crippen molar-refractivity contribution >= 4 is 89.5 Å². The fraction of sp³-hybridized carbons (Fsp3) is 0. The summed E-state index contributed by atoms with van der Waals surface area (Å²) in [6, 6.07) is 21.2. The van der Waals surface area contributed by atoms with Gasteiger partial charge in [0, 0.05) is 31.4 Å². The number of nitrogens with one attached hydrogen (secondary N) is 3. The summed E-state index contributed by atoms with van der Waals surface area (Å²) in [6.07, 6.45) is 0. The van der Waals surface area contributed by atoms with E-state index in [2.05, 4.69) is 16.2 Å². The predicted molar refractivity (Wildman–Crippen MR) is 143 cm³/mol. The molecule has 0 saturated carbocycles. The van der Waals surface area contributed by atoms with Crippen LogP contribution in [0.5, 0.6) is 0 Å². The smallest absolute Gasteiger partial charge is 0.281 e. The lowest BCUT2D eigenvalue weighted by Crippen LogP contribution is -2.41. The Bertz CT molecular complexity index is 1610. The second-order valence-electron chi connectivity index (χ2n) is 7.42. The molecular weight excluding hydrogens is 525 g/mol. The summed E-state index contributed by atoms with van der Waals surface area (Å²) in [5.74, 6) is -1.35. The summed E-state index contributed by atoms with van der Waals surface area (Å²) in [7, 11) is 0. The van der Waals surface area contributed by atoms with Crippen molar-refractivity contribution in [2.24, 2.45) is 0 Å². The zero-order valence-electron chi connectivity index (χ0n) is 17.7. The number of hydrogen-bond donors (Lipinski definition) is 3. The average Bonchev–Trinajstić information content (AvgIpc) is 3.40. The monoisotopic (exact) mass is 539 g/mol. The van der Waals surface area contributed by atoms with Crippen LogP contribution in [-0.2, 0) is 0 Å². The maximum atomic E-state index is 12.7. The average molecular weight is 540 g/mol. The molecule has 0 spiro atoms. The first-order valence-electron chi connectivity index (χ1n) is 10.3. The minimum Gasteiger partial charge on any atom is -0.321 e. The first-order chi connectivity index (χ1) is 16.9. The van der Waals surface area contributed by atoms with Gasteiger partial charge < -0.3 is 5.32 Å². The van der Waals surface area contributed by atoms with Crippen molar-refractivity contribution in [3.05, 3.63) is 98.2 Å². The molecule has 0 atom stereocenters. The van der Waals surface area contributed by atoms with E-state index in [9.17, 15) is 14.4 Å². The summed E-state index contributed by atoms with van der Waals surface area (Å²) in [5.41, 5.74) is 5.57. The molecule has 10 heteroatoms. The van der Waals surface area contributed by atoms with Crippen molar-refractivity contribution in [1.29, 1.82) is 0 Å². The fourth-order valence-corrected chi connectivity index (χ4v) is 6.28. The van der Waals surface area contributed by atoms with Crippen molar-refractivity contribution in [3.8, 4) is 0 Å². The van der Waals surface area contributed by atoms with Crippen LogP contribution in [0, 0.1) is 0 Å². The number of rotatable bonds is 4. The zero-order chi connectivity index (χ0) is 24.5. The molecule has 2 aromatic heterocycles. The Morgan fingerprint density at radius 1 is 0.600 bits per heavy atom. The molecule has 6 nitrogen and oxygen atoms in total. The highest BCUT2D eigenvalue weighted by molar-refractivity contribution is 7.22. The first kappa shape index (κ1) is 23.3. The van der Waals surface area contributed by atoms with Crippen LogP contribution in [0.1, 0.15) is 29.7 Å². The van der Waals surface area contributed by atoms with Gasteiger partial charge in [-0.2, -0.15) is 0 Å². The molecule has 5 rings (SSSR count). The van der Waals surface area contributed by atoms with Gasteiger partial charge in [0.05, 0.1) is 10.0 Å². The Labute approximate surface area is 217 Å². The molecule has 0 unspecified atom stereocenters. The van der Waals surface area contributed by atoms with E-state index in [1.165, 1.54) is 34.8 Å². The minimum atomic E-state index is -0.513. The number of amides is 3. The number of hydrogen-bond acceptors (Lipinski definition) is 5. The molecule has 35 heavy (non-hydrogen) atoms. The second kappa shape index (κ2) is 9.67. The van der Waals surface area contributed by atoms with E-state index in [0.29, 0.717) is 31.1 Å². The zero-order valence-corrected chi connectivity index (χ0v) is 20.9. The number of thiophene rings is 2. The largest absolute Gasteiger partial charge is 0.321 e. The molecule has 3 amide bonds. The molecule has 0 aliphatic carbocycles. The standard InChI is InChI=1S/C25H15Cl2N3O3S2/c26-19-15-5-1-3-7-17(15)34-21(19)24(32)28-14-11-9-13(10-12-14)23(31)29-30-25(33)22-20(27)16-6-2-4-8-18(16)35-22/h1-12H,(H,28,32)(H,29,31)(H,30,33). The van der Waals surface area contributed by atoms with Crippen molar-refractivity contribution in [2.45, 2.75) is 0 Å². The molecule has 0 fully saturated rings. The van der Waals surface area contributed by atoms with Gasteiger partial charge in [-0.25, -0.2) is 0 Å². The van der Waals surface area contributed by atoms with Gasteiger partial charge in [0.2, 0.25) is 0 Å². The van der Waals surface area contributed by atoms with Gasteiger partial charge in [0.25, 0.3) is 17.7 Å². The number of fused-ring (bicyclic) bond motifs is 2. The molecule has 0 radical (unpaired) electrons. The summed E-state index contributed by atoms with van der Waals surface area (Å²) in [4.78, 5) is 38.4. The molecule has 174 valence electrons. The van der Waals surface area contributed by atoms with Gasteiger partial charge in [-0.05, 0) is 36.4 Å². The Kier molecular flexibility index (Phi) is 6.44. The molecule has 0 bridgehead atoms. The number of carbonyl (C=O) groups excluding carboxylic acids is 3. The summed E-state index contributed by atoms with van der Waals surface area (Å²) >= 11 is 15.2. The van der Waals surface area contributed by atoms with E-state index in [1.807, 2.05) is 48.5 Å². The Hall–Kier alpha value is -3.43. The molecular formula is C25H15Cl2N3O3S2. The maximum absolute atomic E-state index is 12.7. The van der Waals surface area contributed by atoms with Gasteiger partial charge >= 0.3 is 0 Å². The van der Waals surface area contributed by atoms with E-state index in [0.717, 1.165) is 20.2 Å². The van der Waals surface area contributed by atoms with Crippen molar-refractivity contribution in [2.75, 3.05) is 5.32 Å². The topological polar surface area (TPSA) is 87.3 Å². The highest BCUT2D eigenvalue weighted by Gasteiger charge is 2.19. The molecule has 0 saturated heterocycles. The van der Waals surface area contributed by atoms with Gasteiger partial charge in [0.1, 0.15) is 9.75 Å². The van der Waals surface area contributed by atoms with Crippen LogP contribution in [0.4, 0.5) is 5.69 Å². The van der Waals surface area contributed by atoms with E-state index >= 15 is 0 Å². The van der Waals surface area contributed by atoms with Crippen LogP contribution in [0.3, 0.4) is 0 Å². The van der Waals surface area contributed by atoms with Gasteiger partial charge in [-0.1, -0.05) is 59.6 Å². The summed E-state index contributed by atoms with van der Waals surface area (Å²) in [6.45, 7) is 0. The Balaban J connectivity index is 1.22. The van der Waals surface area contributed by atoms with E-state index in [-0.39, 0.29) is 5.91 Å². The van der Waals surface area contributed by atoms with Crippen molar-refractivity contribution in [3.63, 3.8) is 0 Å². The van der Waals surface area contributed by atoms with Crippen LogP contribution < -0.4 is 16.2 Å². The van der Waals surface area contributed by atoms with Crippen LogP contribution in [0.2, 0.25) is 10.0 Å². The molecule has 3 aromatic carbocycles. The van der Waals surface area contributed by atoms with E-state index in [4.69, 9.17) is 23.2 Å². The predicted octanol–water partition coefficient (Wildman–Crippen LogP) is 6.75. The molecule has 0 aliphatic rings. The number of anilines is 1. The second-order valence-corrected chi connectivity index (χ2v) is 10.3. The summed E-state index contributed by atoms with van der Waals surface area (Å²) in [5, 5.41) is 5.16. The third kappa shape index (κ3) is 4.61. The lowest BCUT2D eigenvalue weighted by atomic mass is 10.2. The number of carbonyl (C=O) groups is 3. The van der Waals surface area contributed by atoms with Crippen LogP contribution in [-0.4, -0.2) is 17.7 Å². The van der Waals surface area contributed by atoms with Gasteiger partial charge in [-0.3, -0.25) is 25.2 Å². The highest BCUT2D eigenvalue weighted by Crippen LogP contribution is 2.36.